The summed E-state index contributed by atoms with van der Waals surface area (Å²) >= 11 is 0. The normalized spacial score (nSPS) is 15.6. The maximum absolute atomic E-state index is 14.5. The van der Waals surface area contributed by atoms with Crippen molar-refractivity contribution in [3.8, 4) is 5.75 Å². The van der Waals surface area contributed by atoms with Crippen LogP contribution in [0.4, 0.5) is 14.5 Å². The van der Waals surface area contributed by atoms with Gasteiger partial charge in [0.25, 0.3) is 0 Å². The molecule has 0 spiro atoms. The van der Waals surface area contributed by atoms with Gasteiger partial charge < -0.3 is 15.0 Å². The van der Waals surface area contributed by atoms with Crippen molar-refractivity contribution < 1.29 is 13.5 Å². The van der Waals surface area contributed by atoms with Crippen molar-refractivity contribution in [3.63, 3.8) is 0 Å². The molecule has 3 aromatic rings. The van der Waals surface area contributed by atoms with Crippen molar-refractivity contribution in [1.82, 2.24) is 4.90 Å². The fraction of sp³-hybridized carbons (Fsp3) is 0.125. The van der Waals surface area contributed by atoms with Gasteiger partial charge in [0.15, 0.2) is 17.9 Å². The SMILES string of the molecule is CN1C=C(c2ccc(OCc3ccccc3)c(F)c2)C=NC1Nc1ccc(F)cc1. The first kappa shape index (κ1) is 19.6. The van der Waals surface area contributed by atoms with E-state index in [0.29, 0.717) is 12.2 Å². The minimum absolute atomic E-state index is 0.208. The highest BCUT2D eigenvalue weighted by molar-refractivity contribution is 6.10. The average Bonchev–Trinajstić information content (AvgIpc) is 2.76. The highest BCUT2D eigenvalue weighted by Crippen LogP contribution is 2.25. The molecule has 0 amide bonds. The van der Waals surface area contributed by atoms with Crippen molar-refractivity contribution in [3.05, 3.63) is 102 Å². The van der Waals surface area contributed by atoms with Crippen molar-refractivity contribution in [1.29, 1.82) is 0 Å². The minimum Gasteiger partial charge on any atom is -0.486 e. The number of halogens is 2. The Hall–Kier alpha value is -3.67. The number of nitrogens with zero attached hydrogens (tertiary/aromatic N) is 2. The number of benzene rings is 3. The summed E-state index contributed by atoms with van der Waals surface area (Å²) in [5, 5.41) is 3.21. The molecule has 152 valence electrons. The second-order valence-electron chi connectivity index (χ2n) is 6.97. The number of rotatable bonds is 6. The number of ether oxygens (including phenoxy) is 1. The highest BCUT2D eigenvalue weighted by Gasteiger charge is 2.16. The lowest BCUT2D eigenvalue weighted by Gasteiger charge is -2.29. The van der Waals surface area contributed by atoms with Crippen LogP contribution in [0.5, 0.6) is 5.75 Å². The Kier molecular flexibility index (Phi) is 5.75. The first-order chi connectivity index (χ1) is 14.6. The van der Waals surface area contributed by atoms with Gasteiger partial charge in [-0.2, -0.15) is 0 Å². The van der Waals surface area contributed by atoms with Gasteiger partial charge in [-0.25, -0.2) is 13.8 Å². The summed E-state index contributed by atoms with van der Waals surface area (Å²) in [6.07, 6.45) is 3.24. The number of aliphatic imine (C=N–C) groups is 1. The molecule has 1 aliphatic heterocycles. The van der Waals surface area contributed by atoms with E-state index < -0.39 is 5.82 Å². The second kappa shape index (κ2) is 8.78. The topological polar surface area (TPSA) is 36.9 Å². The minimum atomic E-state index is -0.424. The molecule has 4 nitrogen and oxygen atoms in total. The standard InChI is InChI=1S/C24H21F2N3O/c1-29-15-19(14-27-24(29)28-21-10-8-20(25)9-11-21)18-7-12-23(22(26)13-18)30-16-17-5-3-2-4-6-17/h2-15,24,28H,16H2,1H3. The van der Waals surface area contributed by atoms with Gasteiger partial charge in [0.05, 0.1) is 0 Å². The van der Waals surface area contributed by atoms with Crippen LogP contribution in [-0.2, 0) is 6.61 Å². The summed E-state index contributed by atoms with van der Waals surface area (Å²) in [5.41, 5.74) is 3.22. The highest BCUT2D eigenvalue weighted by atomic mass is 19.1. The predicted molar refractivity (Wildman–Crippen MR) is 115 cm³/mol. The van der Waals surface area contributed by atoms with E-state index in [4.69, 9.17) is 4.74 Å². The zero-order chi connectivity index (χ0) is 20.9. The number of anilines is 1. The van der Waals surface area contributed by atoms with Gasteiger partial charge in [0.2, 0.25) is 0 Å². The fourth-order valence-corrected chi connectivity index (χ4v) is 3.10. The van der Waals surface area contributed by atoms with Gasteiger partial charge in [-0.1, -0.05) is 36.4 Å². The molecule has 30 heavy (non-hydrogen) atoms. The van der Waals surface area contributed by atoms with Crippen LogP contribution in [0, 0.1) is 11.6 Å². The Morgan fingerprint density at radius 1 is 1.00 bits per heavy atom. The van der Waals surface area contributed by atoms with E-state index in [9.17, 15) is 8.78 Å². The molecule has 0 bridgehead atoms. The van der Waals surface area contributed by atoms with Crippen LogP contribution < -0.4 is 10.1 Å². The lowest BCUT2D eigenvalue weighted by atomic mass is 10.1. The molecule has 0 radical (unpaired) electrons. The monoisotopic (exact) mass is 405 g/mol. The van der Waals surface area contributed by atoms with Gasteiger partial charge in [-0.05, 0) is 47.5 Å². The van der Waals surface area contributed by atoms with E-state index in [1.54, 1.807) is 24.4 Å². The molecule has 0 saturated carbocycles. The molecule has 0 saturated heterocycles. The van der Waals surface area contributed by atoms with Crippen LogP contribution in [0.1, 0.15) is 11.1 Å². The first-order valence-electron chi connectivity index (χ1n) is 9.54. The quantitative estimate of drug-likeness (QED) is 0.605. The largest absolute Gasteiger partial charge is 0.486 e. The molecule has 0 aromatic heterocycles. The van der Waals surface area contributed by atoms with Crippen LogP contribution in [0.15, 0.2) is 84.0 Å². The predicted octanol–water partition coefficient (Wildman–Crippen LogP) is 5.30. The van der Waals surface area contributed by atoms with Gasteiger partial charge in [0.1, 0.15) is 12.4 Å². The fourth-order valence-electron chi connectivity index (χ4n) is 3.10. The Morgan fingerprint density at radius 3 is 2.47 bits per heavy atom. The summed E-state index contributed by atoms with van der Waals surface area (Å²) in [5.74, 6) is -0.506. The lowest BCUT2D eigenvalue weighted by molar-refractivity contribution is 0.290. The zero-order valence-electron chi connectivity index (χ0n) is 16.4. The second-order valence-corrected chi connectivity index (χ2v) is 6.97. The van der Waals surface area contributed by atoms with Gasteiger partial charge in [-0.15, -0.1) is 0 Å². The summed E-state index contributed by atoms with van der Waals surface area (Å²) in [6.45, 7) is 0.306. The van der Waals surface area contributed by atoms with Gasteiger partial charge in [-0.3, -0.25) is 0 Å². The molecule has 0 fully saturated rings. The third kappa shape index (κ3) is 4.66. The van der Waals surface area contributed by atoms with Gasteiger partial charge >= 0.3 is 0 Å². The smallest absolute Gasteiger partial charge is 0.195 e. The number of hydrogen-bond donors (Lipinski definition) is 1. The van der Waals surface area contributed by atoms with Crippen molar-refractivity contribution in [2.45, 2.75) is 12.9 Å². The zero-order valence-corrected chi connectivity index (χ0v) is 16.4. The van der Waals surface area contributed by atoms with E-state index in [1.165, 1.54) is 18.2 Å². The molecule has 1 unspecified atom stereocenters. The van der Waals surface area contributed by atoms with Crippen molar-refractivity contribution >= 4 is 17.5 Å². The third-order valence-corrected chi connectivity index (χ3v) is 4.73. The molecule has 0 aliphatic carbocycles. The van der Waals surface area contributed by atoms with E-state index in [1.807, 2.05) is 54.5 Å². The summed E-state index contributed by atoms with van der Waals surface area (Å²) in [4.78, 5) is 6.36. The van der Waals surface area contributed by atoms with Crippen molar-refractivity contribution in [2.75, 3.05) is 12.4 Å². The molecule has 6 heteroatoms. The lowest BCUT2D eigenvalue weighted by Crippen LogP contribution is -2.35. The van der Waals surface area contributed by atoms with Gasteiger partial charge in [0, 0.05) is 30.7 Å². The Balaban J connectivity index is 1.42. The molecule has 1 heterocycles. The Morgan fingerprint density at radius 2 is 1.77 bits per heavy atom. The number of nitrogens with one attached hydrogen (secondary N) is 1. The number of allylic oxidation sites excluding steroid dienone is 1. The van der Waals surface area contributed by atoms with Crippen LogP contribution >= 0.6 is 0 Å². The molecular formula is C24H21F2N3O. The summed E-state index contributed by atoms with van der Waals surface area (Å²) in [7, 11) is 1.87. The first-order valence-corrected chi connectivity index (χ1v) is 9.54. The molecule has 4 rings (SSSR count). The molecule has 1 aliphatic rings. The van der Waals surface area contributed by atoms with Crippen molar-refractivity contribution in [2.24, 2.45) is 4.99 Å². The Labute approximate surface area is 174 Å². The number of hydrogen-bond acceptors (Lipinski definition) is 4. The Bertz CT molecular complexity index is 1070. The molecular weight excluding hydrogens is 384 g/mol. The van der Waals surface area contributed by atoms with Crippen LogP contribution in [-0.4, -0.2) is 24.5 Å². The van der Waals surface area contributed by atoms with E-state index in [2.05, 4.69) is 10.3 Å². The maximum Gasteiger partial charge on any atom is 0.195 e. The van der Waals surface area contributed by atoms with Crippen LogP contribution in [0.2, 0.25) is 0 Å². The summed E-state index contributed by atoms with van der Waals surface area (Å²) in [6, 6.07) is 20.6. The maximum atomic E-state index is 14.5. The van der Waals surface area contributed by atoms with Crippen LogP contribution in [0.25, 0.3) is 5.57 Å². The van der Waals surface area contributed by atoms with E-state index in [-0.39, 0.29) is 17.9 Å². The van der Waals surface area contributed by atoms with E-state index in [0.717, 1.165) is 16.8 Å². The third-order valence-electron chi connectivity index (χ3n) is 4.73. The molecule has 1 N–H and O–H groups in total. The molecule has 3 aromatic carbocycles. The van der Waals surface area contributed by atoms with Crippen LogP contribution in [0.3, 0.4) is 0 Å². The molecule has 1 atom stereocenters. The average molecular weight is 405 g/mol. The summed E-state index contributed by atoms with van der Waals surface area (Å²) < 4.78 is 33.2. The van der Waals surface area contributed by atoms with E-state index >= 15 is 0 Å².